The molecule has 0 aromatic carbocycles. The molecule has 0 unspecified atom stereocenters. The first kappa shape index (κ1) is 3.89. The van der Waals surface area contributed by atoms with Crippen LogP contribution in [0.1, 0.15) is 0 Å². The number of aromatic nitrogens is 1. The van der Waals surface area contributed by atoms with Crippen LogP contribution < -0.4 is 0 Å². The highest BCUT2D eigenvalue weighted by Gasteiger charge is 1.63. The molecule has 0 aliphatic heterocycles. The van der Waals surface area contributed by atoms with Gasteiger partial charge in [-0.05, 0) is 0 Å². The van der Waals surface area contributed by atoms with Gasteiger partial charge in [0.1, 0.15) is 0 Å². The maximum Gasteiger partial charge on any atom is 0.257 e. The second-order valence-corrected chi connectivity index (χ2v) is 1.75. The Labute approximate surface area is 42.4 Å². The van der Waals surface area contributed by atoms with Gasteiger partial charge in [-0.15, -0.1) is 4.37 Å². The second-order valence-electron chi connectivity index (χ2n) is 0.518. The van der Waals surface area contributed by atoms with E-state index in [9.17, 15) is 0 Å². The Bertz CT molecular complexity index is 83.5. The second kappa shape index (κ2) is 1.99. The fraction of sp³-hybridized carbons (Fsp3) is 0. The molecule has 0 saturated heterocycles. The Morgan fingerprint density at radius 1 is 1.67 bits per heavy atom. The molecule has 0 amide bonds. The first-order chi connectivity index (χ1) is 3.00. The molecule has 34 valence electrons. The van der Waals surface area contributed by atoms with Crippen LogP contribution in [0.3, 0.4) is 0 Å². The molecule has 1 heterocycles. The molecule has 1 aromatic heterocycles. The first-order valence-electron chi connectivity index (χ1n) is 1.18. The molecule has 5 heteroatoms. The molecule has 0 saturated carbocycles. The highest BCUT2D eigenvalue weighted by Crippen LogP contribution is 1.93. The van der Waals surface area contributed by atoms with E-state index in [1.165, 1.54) is 6.39 Å². The maximum absolute atomic E-state index is 4.48. The predicted molar refractivity (Wildman–Crippen MR) is 22.2 cm³/mol. The molecule has 6 heavy (non-hydrogen) atoms. The van der Waals surface area contributed by atoms with E-state index in [4.69, 9.17) is 0 Å². The van der Waals surface area contributed by atoms with Crippen LogP contribution >= 0.6 is 23.8 Å². The fourth-order valence-corrected chi connectivity index (χ4v) is 0.678. The first-order valence-corrected chi connectivity index (χ1v) is 2.54. The van der Waals surface area contributed by atoms with E-state index in [1.807, 2.05) is 0 Å². The Kier molecular flexibility index (Phi) is 1.29. The van der Waals surface area contributed by atoms with Crippen molar-refractivity contribution in [2.45, 2.75) is 0 Å². The lowest BCUT2D eigenvalue weighted by Gasteiger charge is -1.67. The third kappa shape index (κ3) is 0.836. The summed E-state index contributed by atoms with van der Waals surface area (Å²) in [6.45, 7) is 0. The van der Waals surface area contributed by atoms with Gasteiger partial charge in [-0.1, -0.05) is 0 Å². The maximum atomic E-state index is 4.48. The van der Waals surface area contributed by atoms with E-state index in [0.717, 1.165) is 23.8 Å². The molecule has 0 N–H and O–H groups in total. The van der Waals surface area contributed by atoms with Gasteiger partial charge in [-0.3, -0.25) is 3.28 Å². The molecule has 1 rings (SSSR count). The number of hydrogen-bond donors (Lipinski definition) is 0. The van der Waals surface area contributed by atoms with Crippen LogP contribution in [0.4, 0.5) is 0 Å². The van der Waals surface area contributed by atoms with E-state index in [0.29, 0.717) is 0 Å². The van der Waals surface area contributed by atoms with Gasteiger partial charge in [0.15, 0.2) is 11.8 Å². The van der Waals surface area contributed by atoms with Crippen molar-refractivity contribution in [3.63, 3.8) is 0 Å². The van der Waals surface area contributed by atoms with Gasteiger partial charge in [0, 0.05) is 0 Å². The molecule has 0 aliphatic carbocycles. The van der Waals surface area contributed by atoms with Crippen LogP contribution in [-0.4, -0.2) is 4.37 Å². The van der Waals surface area contributed by atoms with Gasteiger partial charge in [0.05, 0.1) is 0 Å². The van der Waals surface area contributed by atoms with Crippen LogP contribution in [0.15, 0.2) is 13.5 Å². The topological polar surface area (TPSA) is 39.2 Å². The fourth-order valence-electron chi connectivity index (χ4n) is 0.0987. The van der Waals surface area contributed by atoms with E-state index >= 15 is 0 Å². The molecule has 3 nitrogen and oxygen atoms in total. The summed E-state index contributed by atoms with van der Waals surface area (Å²) in [5, 5.41) is 0. The minimum absolute atomic E-state index is 0.909. The summed E-state index contributed by atoms with van der Waals surface area (Å²) in [7, 11) is 0. The van der Waals surface area contributed by atoms with Crippen LogP contribution in [0.25, 0.3) is 0 Å². The van der Waals surface area contributed by atoms with Crippen molar-refractivity contribution >= 4 is 23.8 Å². The zero-order valence-corrected chi connectivity index (χ0v) is 4.29. The molecule has 0 atom stereocenters. The summed E-state index contributed by atoms with van der Waals surface area (Å²) in [4.78, 5) is 0. The Morgan fingerprint density at radius 3 is 2.83 bits per heavy atom. The molecular weight excluding hydrogens is 122 g/mol. The molecule has 0 radical (unpaired) electrons. The lowest BCUT2D eigenvalue weighted by molar-refractivity contribution is 0.610. The van der Waals surface area contributed by atoms with Gasteiger partial charge in [-0.25, -0.2) is 0 Å². The van der Waals surface area contributed by atoms with Crippen molar-refractivity contribution in [1.29, 1.82) is 0 Å². The SMILES string of the molecule is c1nsoso1. The zero-order valence-electron chi connectivity index (χ0n) is 2.66. The quantitative estimate of drug-likeness (QED) is 0.525. The third-order valence-corrected chi connectivity index (χ3v) is 1.03. The smallest absolute Gasteiger partial charge is 0.257 e. The molecular formula is CHNO2S2. The van der Waals surface area contributed by atoms with Crippen LogP contribution in [0, 0.1) is 0 Å². The molecule has 0 fully saturated rings. The minimum atomic E-state index is 0.909. The van der Waals surface area contributed by atoms with E-state index in [-0.39, 0.29) is 0 Å². The van der Waals surface area contributed by atoms with Gasteiger partial charge in [0.2, 0.25) is 6.39 Å². The van der Waals surface area contributed by atoms with Crippen molar-refractivity contribution in [2.24, 2.45) is 0 Å². The van der Waals surface area contributed by atoms with Crippen LogP contribution in [0.5, 0.6) is 0 Å². The monoisotopic (exact) mass is 123 g/mol. The lowest BCUT2D eigenvalue weighted by Crippen LogP contribution is -1.47. The lowest BCUT2D eigenvalue weighted by atomic mass is 11.6. The Balaban J connectivity index is 3.00. The Hall–Kier alpha value is -0.290. The van der Waals surface area contributed by atoms with Gasteiger partial charge < -0.3 is 3.85 Å². The molecule has 1 aromatic rings. The zero-order chi connectivity index (χ0) is 4.24. The normalized spacial score (nSPS) is 8.00. The number of rotatable bonds is 0. The van der Waals surface area contributed by atoms with Crippen molar-refractivity contribution in [3.8, 4) is 0 Å². The number of nitrogens with zero attached hydrogens (tertiary/aromatic N) is 1. The van der Waals surface area contributed by atoms with E-state index < -0.39 is 0 Å². The standard InChI is InChI=1S/CHNO2S2/c1-2-5-4-6-3-1/h1H. The van der Waals surface area contributed by atoms with Crippen molar-refractivity contribution in [1.82, 2.24) is 4.37 Å². The van der Waals surface area contributed by atoms with E-state index in [1.54, 1.807) is 0 Å². The molecule has 0 bridgehead atoms. The van der Waals surface area contributed by atoms with Crippen molar-refractivity contribution in [2.75, 3.05) is 0 Å². The summed E-state index contributed by atoms with van der Waals surface area (Å²) in [6, 6.07) is 0. The largest absolute Gasteiger partial charge is 0.359 e. The summed E-state index contributed by atoms with van der Waals surface area (Å²) in [5.41, 5.74) is 0. The number of hydrogen-bond acceptors (Lipinski definition) is 5. The highest BCUT2D eigenvalue weighted by molar-refractivity contribution is 7.05. The summed E-state index contributed by atoms with van der Waals surface area (Å²) >= 11 is 1.91. The van der Waals surface area contributed by atoms with Gasteiger partial charge >= 0.3 is 0 Å². The third-order valence-electron chi connectivity index (χ3n) is 0.227. The summed E-state index contributed by atoms with van der Waals surface area (Å²) in [5.74, 6) is 0. The molecule has 0 spiro atoms. The van der Waals surface area contributed by atoms with E-state index in [2.05, 4.69) is 11.5 Å². The Morgan fingerprint density at radius 2 is 2.67 bits per heavy atom. The molecule has 0 aliphatic rings. The average molecular weight is 123 g/mol. The summed E-state index contributed by atoms with van der Waals surface area (Å²) < 4.78 is 12.4. The van der Waals surface area contributed by atoms with Gasteiger partial charge in [-0.2, -0.15) is 0 Å². The average Bonchev–Trinajstić information content (AvgIpc) is 1.72. The minimum Gasteiger partial charge on any atom is -0.359 e. The van der Waals surface area contributed by atoms with Crippen molar-refractivity contribution in [3.05, 3.63) is 6.39 Å². The predicted octanol–water partition coefficient (Wildman–Crippen LogP) is 1.52. The van der Waals surface area contributed by atoms with Crippen LogP contribution in [-0.2, 0) is 0 Å². The summed E-state index contributed by atoms with van der Waals surface area (Å²) in [6.07, 6.45) is 1.32. The van der Waals surface area contributed by atoms with Crippen LogP contribution in [0.2, 0.25) is 0 Å². The highest BCUT2D eigenvalue weighted by atomic mass is 32.2. The van der Waals surface area contributed by atoms with Gasteiger partial charge in [0.25, 0.3) is 11.9 Å². The van der Waals surface area contributed by atoms with Crippen molar-refractivity contribution < 1.29 is 7.13 Å².